The van der Waals surface area contributed by atoms with E-state index in [1.54, 1.807) is 23.5 Å². The summed E-state index contributed by atoms with van der Waals surface area (Å²) < 4.78 is 18.9. The Morgan fingerprint density at radius 3 is 2.41 bits per heavy atom. The second-order valence-corrected chi connectivity index (χ2v) is 11.0. The lowest BCUT2D eigenvalue weighted by Gasteiger charge is -2.40. The van der Waals surface area contributed by atoms with Crippen LogP contribution in [-0.2, 0) is 16.0 Å². The summed E-state index contributed by atoms with van der Waals surface area (Å²) >= 11 is 1.63. The molecule has 210 valence electrons. The van der Waals surface area contributed by atoms with Gasteiger partial charge in [-0.25, -0.2) is 4.39 Å². The monoisotopic (exact) mass is 559 g/mol. The van der Waals surface area contributed by atoms with E-state index < -0.39 is 43.1 Å². The Labute approximate surface area is 230 Å². The molecule has 0 saturated carbocycles. The van der Waals surface area contributed by atoms with E-state index in [1.807, 2.05) is 37.3 Å². The van der Waals surface area contributed by atoms with Crippen molar-refractivity contribution in [3.8, 4) is 10.4 Å². The molecule has 1 unspecified atom stereocenters. The average Bonchev–Trinajstić information content (AvgIpc) is 3.63. The van der Waals surface area contributed by atoms with Crippen molar-refractivity contribution in [2.24, 2.45) is 0 Å². The minimum atomic E-state index is -1.41. The lowest BCUT2D eigenvalue weighted by atomic mass is 9.89. The summed E-state index contributed by atoms with van der Waals surface area (Å²) in [5, 5.41) is 51.2. The fraction of sp³-hybridized carbons (Fsp3) is 0.414. The molecule has 6 atom stereocenters. The first-order chi connectivity index (χ1) is 18.7. The molecule has 3 aromatic rings. The van der Waals surface area contributed by atoms with E-state index in [0.29, 0.717) is 12.0 Å². The van der Waals surface area contributed by atoms with Gasteiger partial charge < -0.3 is 35.6 Å². The third kappa shape index (κ3) is 7.09. The zero-order valence-electron chi connectivity index (χ0n) is 21.5. The molecule has 0 amide bonds. The molecule has 6 N–H and O–H groups in total. The molecular formula is C29H34FNO7S. The molecule has 2 aliphatic heterocycles. The maximum absolute atomic E-state index is 13.2. The first-order valence-corrected chi connectivity index (χ1v) is 13.7. The number of carboxylic acids is 1. The second-order valence-electron chi connectivity index (χ2n) is 9.87. The van der Waals surface area contributed by atoms with Crippen LogP contribution in [0.1, 0.15) is 40.5 Å². The lowest BCUT2D eigenvalue weighted by Crippen LogP contribution is -2.55. The number of hydrogen-bond acceptors (Lipinski definition) is 8. The zero-order chi connectivity index (χ0) is 28.1. The normalized spacial score (nSPS) is 26.6. The number of benzene rings is 2. The summed E-state index contributed by atoms with van der Waals surface area (Å²) in [6.45, 7) is 2.40. The Morgan fingerprint density at radius 1 is 1.05 bits per heavy atom. The van der Waals surface area contributed by atoms with Gasteiger partial charge >= 0.3 is 5.97 Å². The predicted octanol–water partition coefficient (Wildman–Crippen LogP) is 2.79. The molecule has 1 aromatic heterocycles. The van der Waals surface area contributed by atoms with Gasteiger partial charge in [-0.05, 0) is 72.8 Å². The first kappa shape index (κ1) is 29.3. The topological polar surface area (TPSA) is 139 Å². The van der Waals surface area contributed by atoms with Gasteiger partial charge in [-0.2, -0.15) is 0 Å². The number of nitrogens with one attached hydrogen (secondary N) is 1. The summed E-state index contributed by atoms with van der Waals surface area (Å²) in [5.41, 5.74) is 3.75. The van der Waals surface area contributed by atoms with Crippen molar-refractivity contribution in [3.05, 3.63) is 82.0 Å². The van der Waals surface area contributed by atoms with Gasteiger partial charge in [0.25, 0.3) is 0 Å². The van der Waals surface area contributed by atoms with Gasteiger partial charge in [0, 0.05) is 16.2 Å². The number of carboxylic acid groups (broad SMARTS) is 1. The summed E-state index contributed by atoms with van der Waals surface area (Å²) in [6.07, 6.45) is -3.43. The molecule has 0 aliphatic carbocycles. The number of carbonyl (C=O) groups is 1. The smallest absolute Gasteiger partial charge is 0.320 e. The highest BCUT2D eigenvalue weighted by atomic mass is 32.1. The number of aliphatic hydroxyl groups excluding tert-OH is 4. The minimum absolute atomic E-state index is 0.263. The van der Waals surface area contributed by atoms with Crippen LogP contribution in [0.3, 0.4) is 0 Å². The Hall–Kier alpha value is -2.70. The number of hydrogen-bond donors (Lipinski definition) is 6. The molecule has 10 heteroatoms. The van der Waals surface area contributed by atoms with Crippen LogP contribution in [0.15, 0.2) is 54.6 Å². The van der Waals surface area contributed by atoms with E-state index in [2.05, 4.69) is 5.32 Å². The maximum atomic E-state index is 13.2. The van der Waals surface area contributed by atoms with Gasteiger partial charge in [0.2, 0.25) is 0 Å². The van der Waals surface area contributed by atoms with E-state index in [9.17, 15) is 29.6 Å². The summed E-state index contributed by atoms with van der Waals surface area (Å²) in [7, 11) is 0. The van der Waals surface area contributed by atoms with Gasteiger partial charge in [-0.15, -0.1) is 11.3 Å². The van der Waals surface area contributed by atoms with Crippen molar-refractivity contribution in [2.75, 3.05) is 13.2 Å². The van der Waals surface area contributed by atoms with E-state index in [-0.39, 0.29) is 11.9 Å². The molecule has 2 aromatic carbocycles. The molecule has 2 fully saturated rings. The van der Waals surface area contributed by atoms with E-state index in [4.69, 9.17) is 9.84 Å². The predicted molar refractivity (Wildman–Crippen MR) is 145 cm³/mol. The molecule has 8 nitrogen and oxygen atoms in total. The van der Waals surface area contributed by atoms with Crippen molar-refractivity contribution in [2.45, 2.75) is 62.7 Å². The maximum Gasteiger partial charge on any atom is 0.320 e. The highest BCUT2D eigenvalue weighted by Crippen LogP contribution is 2.35. The summed E-state index contributed by atoms with van der Waals surface area (Å²) in [4.78, 5) is 12.3. The van der Waals surface area contributed by atoms with Gasteiger partial charge in [0.15, 0.2) is 0 Å². The van der Waals surface area contributed by atoms with Crippen LogP contribution < -0.4 is 5.32 Å². The van der Waals surface area contributed by atoms with E-state index in [1.165, 1.54) is 12.1 Å². The van der Waals surface area contributed by atoms with Gasteiger partial charge in [0.1, 0.15) is 42.4 Å². The van der Waals surface area contributed by atoms with Crippen molar-refractivity contribution in [1.82, 2.24) is 5.32 Å². The number of aliphatic hydroxyl groups is 4. The number of aryl methyl sites for hydroxylation is 1. The number of thiophene rings is 1. The molecule has 0 bridgehead atoms. The van der Waals surface area contributed by atoms with Gasteiger partial charge in [-0.1, -0.05) is 30.3 Å². The van der Waals surface area contributed by atoms with E-state index >= 15 is 0 Å². The SMILES string of the molecule is Cc1ccc(C2O[C@H](CO)[C@@H](O)[C@H](O)[C@H]2O)cc1Cc1ccc(-c2ccc(F)cc2)s1.O=C(O)[C@@H]1CCCN1. The molecule has 3 heterocycles. The van der Waals surface area contributed by atoms with E-state index in [0.717, 1.165) is 45.8 Å². The summed E-state index contributed by atoms with van der Waals surface area (Å²) in [6, 6.07) is 15.9. The Bertz CT molecular complexity index is 1240. The second kappa shape index (κ2) is 13.1. The average molecular weight is 560 g/mol. The molecule has 39 heavy (non-hydrogen) atoms. The number of halogens is 1. The lowest BCUT2D eigenvalue weighted by molar-refractivity contribution is -0.231. The molecule has 0 spiro atoms. The standard InChI is InChI=1S/C24H25FO5S.C5H9NO2/c1-13-2-3-15(24-23(29)22(28)21(27)19(12-26)30-24)10-16(13)11-18-8-9-20(31-18)14-4-6-17(25)7-5-14;7-5(8)4-2-1-3-6-4/h2-10,19,21-24,26-29H,11-12H2,1H3;4,6H,1-3H2,(H,7,8)/t19-,21-,22+,23-,24?;4-/m10/s1. The molecule has 0 radical (unpaired) electrons. The highest BCUT2D eigenvalue weighted by molar-refractivity contribution is 7.15. The third-order valence-electron chi connectivity index (χ3n) is 7.11. The van der Waals surface area contributed by atoms with Gasteiger partial charge in [-0.3, -0.25) is 4.79 Å². The van der Waals surface area contributed by atoms with Crippen LogP contribution in [-0.4, -0.2) is 75.1 Å². The van der Waals surface area contributed by atoms with Crippen molar-refractivity contribution in [3.63, 3.8) is 0 Å². The van der Waals surface area contributed by atoms with Crippen molar-refractivity contribution < 1.29 is 39.5 Å². The zero-order valence-corrected chi connectivity index (χ0v) is 22.4. The third-order valence-corrected chi connectivity index (χ3v) is 8.24. The Morgan fingerprint density at radius 2 is 1.79 bits per heavy atom. The fourth-order valence-electron chi connectivity index (χ4n) is 4.76. The highest BCUT2D eigenvalue weighted by Gasteiger charge is 2.44. The van der Waals surface area contributed by atoms with Crippen LogP contribution in [0.5, 0.6) is 0 Å². The number of ether oxygens (including phenoxy) is 1. The van der Waals surface area contributed by atoms with Crippen LogP contribution in [0.25, 0.3) is 10.4 Å². The number of aliphatic carboxylic acids is 1. The van der Waals surface area contributed by atoms with Crippen molar-refractivity contribution >= 4 is 17.3 Å². The van der Waals surface area contributed by atoms with Crippen LogP contribution in [0.2, 0.25) is 0 Å². The van der Waals surface area contributed by atoms with Crippen LogP contribution in [0, 0.1) is 12.7 Å². The largest absolute Gasteiger partial charge is 0.480 e. The molecular weight excluding hydrogens is 525 g/mol. The van der Waals surface area contributed by atoms with Gasteiger partial charge in [0.05, 0.1) is 6.61 Å². The quantitative estimate of drug-likeness (QED) is 0.271. The molecule has 2 aliphatic rings. The Balaban J connectivity index is 0.000000379. The first-order valence-electron chi connectivity index (χ1n) is 12.9. The van der Waals surface area contributed by atoms with Crippen LogP contribution >= 0.6 is 11.3 Å². The molecule has 2 saturated heterocycles. The summed E-state index contributed by atoms with van der Waals surface area (Å²) in [5.74, 6) is -0.983. The number of rotatable bonds is 6. The molecule has 5 rings (SSSR count). The van der Waals surface area contributed by atoms with Crippen molar-refractivity contribution in [1.29, 1.82) is 0 Å². The fourth-order valence-corrected chi connectivity index (χ4v) is 5.80. The van der Waals surface area contributed by atoms with Crippen LogP contribution in [0.4, 0.5) is 4.39 Å². The minimum Gasteiger partial charge on any atom is -0.480 e. The Kier molecular flexibility index (Phi) is 9.84.